The Bertz CT molecular complexity index is 354. The molecule has 0 aromatic heterocycles. The minimum Gasteiger partial charge on any atom is -0.460 e. The lowest BCUT2D eigenvalue weighted by Crippen LogP contribution is -2.47. The zero-order valence-electron chi connectivity index (χ0n) is 11.4. The topological polar surface area (TPSA) is 84.5 Å². The van der Waals surface area contributed by atoms with E-state index in [0.717, 1.165) is 12.2 Å². The van der Waals surface area contributed by atoms with Gasteiger partial charge in [0.15, 0.2) is 0 Å². The van der Waals surface area contributed by atoms with Crippen LogP contribution < -0.4 is 10.6 Å². The van der Waals surface area contributed by atoms with Crippen LogP contribution in [0.25, 0.3) is 0 Å². The highest BCUT2D eigenvalue weighted by Gasteiger charge is 2.14. The SMILES string of the molecule is CC(C)OC(=O)/C=C\C(=O)NC(=O)NC(C)(C)C. The molecule has 0 aliphatic rings. The maximum absolute atomic E-state index is 11.3. The minimum atomic E-state index is -0.683. The first-order valence-electron chi connectivity index (χ1n) is 5.62. The number of esters is 1. The fourth-order valence-electron chi connectivity index (χ4n) is 0.941. The molecule has 3 amide bonds. The average Bonchev–Trinajstić information content (AvgIpc) is 2.10. The maximum atomic E-state index is 11.3. The molecular weight excluding hydrogens is 236 g/mol. The average molecular weight is 256 g/mol. The molecule has 0 aliphatic heterocycles. The Morgan fingerprint density at radius 1 is 1.11 bits per heavy atom. The van der Waals surface area contributed by atoms with E-state index >= 15 is 0 Å². The predicted molar refractivity (Wildman–Crippen MR) is 66.8 cm³/mol. The van der Waals surface area contributed by atoms with E-state index in [9.17, 15) is 14.4 Å². The van der Waals surface area contributed by atoms with Gasteiger partial charge in [-0.1, -0.05) is 0 Å². The van der Waals surface area contributed by atoms with Gasteiger partial charge in [-0.2, -0.15) is 0 Å². The van der Waals surface area contributed by atoms with Gasteiger partial charge >= 0.3 is 12.0 Å². The van der Waals surface area contributed by atoms with Crippen LogP contribution in [0, 0.1) is 0 Å². The van der Waals surface area contributed by atoms with Crippen molar-refractivity contribution in [3.63, 3.8) is 0 Å². The zero-order valence-corrected chi connectivity index (χ0v) is 11.4. The molecule has 0 rings (SSSR count). The number of amides is 3. The van der Waals surface area contributed by atoms with Gasteiger partial charge in [0.2, 0.25) is 0 Å². The van der Waals surface area contributed by atoms with E-state index in [1.165, 1.54) is 0 Å². The number of hydrogen-bond acceptors (Lipinski definition) is 4. The Kier molecular flexibility index (Phi) is 6.08. The van der Waals surface area contributed by atoms with Crippen LogP contribution in [0.5, 0.6) is 0 Å². The summed E-state index contributed by atoms with van der Waals surface area (Å²) in [5.41, 5.74) is -0.440. The summed E-state index contributed by atoms with van der Waals surface area (Å²) in [7, 11) is 0. The number of nitrogens with one attached hydrogen (secondary N) is 2. The quantitative estimate of drug-likeness (QED) is 0.585. The van der Waals surface area contributed by atoms with Crippen LogP contribution in [0.15, 0.2) is 12.2 Å². The summed E-state index contributed by atoms with van der Waals surface area (Å²) in [5.74, 6) is -1.31. The normalized spacial score (nSPS) is 11.4. The Morgan fingerprint density at radius 2 is 1.67 bits per heavy atom. The van der Waals surface area contributed by atoms with Gasteiger partial charge in [0.1, 0.15) is 0 Å². The van der Waals surface area contributed by atoms with Crippen molar-refractivity contribution in [2.75, 3.05) is 0 Å². The standard InChI is InChI=1S/C12H20N2O4/c1-8(2)18-10(16)7-6-9(15)13-11(17)14-12(3,4)5/h6-8H,1-5H3,(H2,13,14,15,17)/b7-6-. The van der Waals surface area contributed by atoms with Crippen molar-refractivity contribution in [3.8, 4) is 0 Å². The number of rotatable bonds is 3. The third kappa shape index (κ3) is 9.38. The van der Waals surface area contributed by atoms with Gasteiger partial charge in [0.05, 0.1) is 6.10 Å². The number of carbonyl (C=O) groups excluding carboxylic acids is 3. The van der Waals surface area contributed by atoms with E-state index in [2.05, 4.69) is 10.6 Å². The highest BCUT2D eigenvalue weighted by molar-refractivity contribution is 6.02. The van der Waals surface area contributed by atoms with Crippen molar-refractivity contribution in [2.45, 2.75) is 46.3 Å². The van der Waals surface area contributed by atoms with Crippen LogP contribution in [0.3, 0.4) is 0 Å². The van der Waals surface area contributed by atoms with Crippen molar-refractivity contribution >= 4 is 17.9 Å². The third-order valence-corrected chi connectivity index (χ3v) is 1.45. The van der Waals surface area contributed by atoms with E-state index in [0.29, 0.717) is 0 Å². The summed E-state index contributed by atoms with van der Waals surface area (Å²) < 4.78 is 4.78. The summed E-state index contributed by atoms with van der Waals surface area (Å²) in [6.07, 6.45) is 1.67. The van der Waals surface area contributed by atoms with Crippen LogP contribution in [-0.2, 0) is 14.3 Å². The van der Waals surface area contributed by atoms with E-state index in [1.54, 1.807) is 34.6 Å². The fourth-order valence-corrected chi connectivity index (χ4v) is 0.941. The zero-order chi connectivity index (χ0) is 14.3. The summed E-state index contributed by atoms with van der Waals surface area (Å²) in [4.78, 5) is 33.6. The monoisotopic (exact) mass is 256 g/mol. The Hall–Kier alpha value is -1.85. The largest absolute Gasteiger partial charge is 0.460 e. The van der Waals surface area contributed by atoms with E-state index in [1.807, 2.05) is 0 Å². The molecule has 0 aromatic carbocycles. The van der Waals surface area contributed by atoms with Gasteiger partial charge in [0.25, 0.3) is 5.91 Å². The molecule has 0 fully saturated rings. The molecule has 2 N–H and O–H groups in total. The summed E-state index contributed by atoms with van der Waals surface area (Å²) in [6.45, 7) is 8.75. The van der Waals surface area contributed by atoms with Crippen LogP contribution in [0.4, 0.5) is 4.79 Å². The lowest BCUT2D eigenvalue weighted by Gasteiger charge is -2.19. The molecule has 0 aromatic rings. The van der Waals surface area contributed by atoms with Gasteiger partial charge < -0.3 is 10.1 Å². The number of urea groups is 1. The third-order valence-electron chi connectivity index (χ3n) is 1.45. The minimum absolute atomic E-state index is 0.255. The van der Waals surface area contributed by atoms with Crippen LogP contribution in [0.1, 0.15) is 34.6 Å². The first-order valence-corrected chi connectivity index (χ1v) is 5.62. The van der Waals surface area contributed by atoms with Crippen molar-refractivity contribution in [1.29, 1.82) is 0 Å². The summed E-state index contributed by atoms with van der Waals surface area (Å²) >= 11 is 0. The van der Waals surface area contributed by atoms with Gasteiger partial charge in [0, 0.05) is 17.7 Å². The molecule has 0 unspecified atom stereocenters. The highest BCUT2D eigenvalue weighted by atomic mass is 16.5. The maximum Gasteiger partial charge on any atom is 0.331 e. The lowest BCUT2D eigenvalue weighted by molar-refractivity contribution is -0.141. The number of ether oxygens (including phenoxy) is 1. The highest BCUT2D eigenvalue weighted by Crippen LogP contribution is 1.97. The Labute approximate surface area is 107 Å². The molecule has 0 heterocycles. The molecular formula is C12H20N2O4. The first kappa shape index (κ1) is 16.1. The van der Waals surface area contributed by atoms with Crippen molar-refractivity contribution in [3.05, 3.63) is 12.2 Å². The second-order valence-corrected chi connectivity index (χ2v) is 5.01. The Morgan fingerprint density at radius 3 is 2.11 bits per heavy atom. The second kappa shape index (κ2) is 6.78. The molecule has 18 heavy (non-hydrogen) atoms. The van der Waals surface area contributed by atoms with Gasteiger partial charge in [-0.3, -0.25) is 10.1 Å². The van der Waals surface area contributed by atoms with Crippen LogP contribution in [-0.4, -0.2) is 29.6 Å². The number of imide groups is 1. The van der Waals surface area contributed by atoms with Crippen LogP contribution in [0.2, 0.25) is 0 Å². The molecule has 0 saturated carbocycles. The smallest absolute Gasteiger partial charge is 0.331 e. The fraction of sp³-hybridized carbons (Fsp3) is 0.583. The number of hydrogen-bond donors (Lipinski definition) is 2. The first-order chi connectivity index (χ1) is 8.10. The molecule has 0 bridgehead atoms. The molecule has 0 atom stereocenters. The van der Waals surface area contributed by atoms with Gasteiger partial charge in [-0.05, 0) is 34.6 Å². The second-order valence-electron chi connectivity index (χ2n) is 5.01. The molecule has 102 valence electrons. The number of carbonyl (C=O) groups is 3. The molecule has 6 heteroatoms. The van der Waals surface area contributed by atoms with E-state index in [4.69, 9.17) is 4.74 Å². The molecule has 0 aliphatic carbocycles. The summed E-state index contributed by atoms with van der Waals surface area (Å²) in [5, 5.41) is 4.61. The Balaban J connectivity index is 4.15. The van der Waals surface area contributed by atoms with Crippen molar-refractivity contribution < 1.29 is 19.1 Å². The van der Waals surface area contributed by atoms with E-state index < -0.39 is 23.4 Å². The lowest BCUT2D eigenvalue weighted by atomic mass is 10.1. The van der Waals surface area contributed by atoms with Gasteiger partial charge in [-0.25, -0.2) is 9.59 Å². The molecule has 0 radical (unpaired) electrons. The van der Waals surface area contributed by atoms with Gasteiger partial charge in [-0.15, -0.1) is 0 Å². The predicted octanol–water partition coefficient (Wildman–Crippen LogP) is 1.12. The van der Waals surface area contributed by atoms with E-state index in [-0.39, 0.29) is 6.10 Å². The summed E-state index contributed by atoms with van der Waals surface area (Å²) in [6, 6.07) is -0.616. The van der Waals surface area contributed by atoms with Crippen LogP contribution >= 0.6 is 0 Å². The molecule has 0 spiro atoms. The van der Waals surface area contributed by atoms with Crippen molar-refractivity contribution in [2.24, 2.45) is 0 Å². The molecule has 0 saturated heterocycles. The molecule has 6 nitrogen and oxygen atoms in total. The van der Waals surface area contributed by atoms with Crippen molar-refractivity contribution in [1.82, 2.24) is 10.6 Å².